The molecule has 1 aromatic carbocycles. The summed E-state index contributed by atoms with van der Waals surface area (Å²) in [4.78, 5) is 36.9. The van der Waals surface area contributed by atoms with Crippen molar-refractivity contribution >= 4 is 11.9 Å². The normalized spacial score (nSPS) is 12.8. The van der Waals surface area contributed by atoms with Crippen LogP contribution in [0.3, 0.4) is 0 Å². The SMILES string of the molecule is COc1cccc([C@@H](C[N+](=O)[O-])C(C(=O)OC(C)(C)C)C(=O)OC(C)(C)C)c1OC. The first-order valence-electron chi connectivity index (χ1n) is 9.48. The summed E-state index contributed by atoms with van der Waals surface area (Å²) in [5, 5.41) is 11.5. The van der Waals surface area contributed by atoms with Crippen molar-refractivity contribution in [1.82, 2.24) is 0 Å². The molecule has 0 aliphatic heterocycles. The molecule has 0 N–H and O–H groups in total. The van der Waals surface area contributed by atoms with Gasteiger partial charge in [-0.2, -0.15) is 0 Å². The number of hydrogen-bond acceptors (Lipinski definition) is 8. The third kappa shape index (κ3) is 7.20. The number of esters is 2. The molecule has 0 radical (unpaired) electrons. The molecule has 168 valence electrons. The predicted molar refractivity (Wildman–Crippen MR) is 109 cm³/mol. The minimum absolute atomic E-state index is 0.198. The number of hydrogen-bond donors (Lipinski definition) is 0. The molecule has 0 saturated carbocycles. The molecule has 9 heteroatoms. The van der Waals surface area contributed by atoms with Gasteiger partial charge in [0.05, 0.1) is 20.1 Å². The van der Waals surface area contributed by atoms with E-state index >= 15 is 0 Å². The highest BCUT2D eigenvalue weighted by Gasteiger charge is 2.45. The summed E-state index contributed by atoms with van der Waals surface area (Å²) in [6.45, 7) is 9.15. The van der Waals surface area contributed by atoms with E-state index in [0.29, 0.717) is 5.75 Å². The molecule has 0 unspecified atom stereocenters. The summed E-state index contributed by atoms with van der Waals surface area (Å²) < 4.78 is 21.5. The fraction of sp³-hybridized carbons (Fsp3) is 0.619. The quantitative estimate of drug-likeness (QED) is 0.270. The molecular formula is C21H31NO8. The highest BCUT2D eigenvalue weighted by atomic mass is 16.6. The molecule has 1 aromatic rings. The predicted octanol–water partition coefficient (Wildman–Crippen LogP) is 3.36. The van der Waals surface area contributed by atoms with Crippen LogP contribution in [-0.4, -0.2) is 48.8 Å². The monoisotopic (exact) mass is 425 g/mol. The fourth-order valence-electron chi connectivity index (χ4n) is 2.90. The van der Waals surface area contributed by atoms with Gasteiger partial charge in [-0.05, 0) is 47.6 Å². The Bertz CT molecular complexity index is 748. The second-order valence-electron chi connectivity index (χ2n) is 8.75. The van der Waals surface area contributed by atoms with Crippen LogP contribution in [0.1, 0.15) is 53.0 Å². The maximum Gasteiger partial charge on any atom is 0.321 e. The first-order valence-corrected chi connectivity index (χ1v) is 9.48. The molecule has 0 aliphatic carbocycles. The van der Waals surface area contributed by atoms with Crippen molar-refractivity contribution in [3.63, 3.8) is 0 Å². The van der Waals surface area contributed by atoms with E-state index in [9.17, 15) is 19.7 Å². The minimum Gasteiger partial charge on any atom is -0.493 e. The van der Waals surface area contributed by atoms with Crippen molar-refractivity contribution in [3.8, 4) is 11.5 Å². The van der Waals surface area contributed by atoms with Gasteiger partial charge in [0.2, 0.25) is 6.54 Å². The highest BCUT2D eigenvalue weighted by Crippen LogP contribution is 2.40. The number of para-hydroxylation sites is 1. The molecule has 0 aliphatic rings. The molecule has 0 fully saturated rings. The Morgan fingerprint density at radius 1 is 0.967 bits per heavy atom. The van der Waals surface area contributed by atoms with Gasteiger partial charge in [0.15, 0.2) is 17.4 Å². The summed E-state index contributed by atoms with van der Waals surface area (Å²) >= 11 is 0. The van der Waals surface area contributed by atoms with E-state index < -0.39 is 46.4 Å². The van der Waals surface area contributed by atoms with Crippen molar-refractivity contribution in [1.29, 1.82) is 0 Å². The van der Waals surface area contributed by atoms with E-state index in [-0.39, 0.29) is 11.3 Å². The van der Waals surface area contributed by atoms with E-state index in [1.165, 1.54) is 14.2 Å². The Labute approximate surface area is 176 Å². The smallest absolute Gasteiger partial charge is 0.321 e. The van der Waals surface area contributed by atoms with Gasteiger partial charge >= 0.3 is 11.9 Å². The number of ether oxygens (including phenoxy) is 4. The van der Waals surface area contributed by atoms with Gasteiger partial charge in [-0.25, -0.2) is 0 Å². The summed E-state index contributed by atoms with van der Waals surface area (Å²) in [5.41, 5.74) is -1.54. The zero-order valence-corrected chi connectivity index (χ0v) is 18.8. The Morgan fingerprint density at radius 3 is 1.83 bits per heavy atom. The van der Waals surface area contributed by atoms with Crippen LogP contribution in [0.5, 0.6) is 11.5 Å². The maximum absolute atomic E-state index is 13.0. The molecule has 0 aromatic heterocycles. The lowest BCUT2D eigenvalue weighted by atomic mass is 9.84. The molecule has 1 rings (SSSR count). The van der Waals surface area contributed by atoms with Crippen molar-refractivity contribution in [3.05, 3.63) is 33.9 Å². The lowest BCUT2D eigenvalue weighted by molar-refractivity contribution is -0.484. The van der Waals surface area contributed by atoms with Gasteiger partial charge in [0, 0.05) is 10.5 Å². The number of rotatable bonds is 8. The van der Waals surface area contributed by atoms with Crippen LogP contribution in [0, 0.1) is 16.0 Å². The first-order chi connectivity index (χ1) is 13.7. The van der Waals surface area contributed by atoms with Crippen molar-refractivity contribution in [2.75, 3.05) is 20.8 Å². The summed E-state index contributed by atoms with van der Waals surface area (Å²) in [5.74, 6) is -4.08. The molecule has 1 atom stereocenters. The van der Waals surface area contributed by atoms with Crippen molar-refractivity contribution < 1.29 is 33.5 Å². The molecule has 30 heavy (non-hydrogen) atoms. The highest BCUT2D eigenvalue weighted by molar-refractivity contribution is 5.96. The third-order valence-corrected chi connectivity index (χ3v) is 3.90. The lowest BCUT2D eigenvalue weighted by Gasteiger charge is -2.29. The molecule has 0 heterocycles. The third-order valence-electron chi connectivity index (χ3n) is 3.90. The molecule has 9 nitrogen and oxygen atoms in total. The van der Waals surface area contributed by atoms with Gasteiger partial charge in [-0.3, -0.25) is 19.7 Å². The number of benzene rings is 1. The summed E-state index contributed by atoms with van der Waals surface area (Å²) in [6.07, 6.45) is 0. The Balaban J connectivity index is 3.64. The number of nitro groups is 1. The maximum atomic E-state index is 13.0. The van der Waals surface area contributed by atoms with Crippen molar-refractivity contribution in [2.24, 2.45) is 5.92 Å². The number of methoxy groups -OCH3 is 2. The summed E-state index contributed by atoms with van der Waals surface area (Å²) in [7, 11) is 2.80. The molecule has 0 spiro atoms. The van der Waals surface area contributed by atoms with Crippen LogP contribution in [-0.2, 0) is 19.1 Å². The van der Waals surface area contributed by atoms with Crippen LogP contribution < -0.4 is 9.47 Å². The molecule has 0 amide bonds. The summed E-state index contributed by atoms with van der Waals surface area (Å²) in [6, 6.07) is 4.77. The number of carbonyl (C=O) groups is 2. The zero-order valence-electron chi connectivity index (χ0n) is 18.8. The largest absolute Gasteiger partial charge is 0.493 e. The second-order valence-corrected chi connectivity index (χ2v) is 8.75. The first kappa shape index (κ1) is 25.2. The fourth-order valence-corrected chi connectivity index (χ4v) is 2.90. The van der Waals surface area contributed by atoms with Gasteiger partial charge < -0.3 is 18.9 Å². The van der Waals surface area contributed by atoms with E-state index in [1.54, 1.807) is 59.7 Å². The average Bonchev–Trinajstić information content (AvgIpc) is 2.56. The van der Waals surface area contributed by atoms with E-state index in [4.69, 9.17) is 18.9 Å². The van der Waals surface area contributed by atoms with E-state index in [1.807, 2.05) is 0 Å². The lowest BCUT2D eigenvalue weighted by Crippen LogP contribution is -2.41. The van der Waals surface area contributed by atoms with Crippen LogP contribution in [0.25, 0.3) is 0 Å². The van der Waals surface area contributed by atoms with Crippen LogP contribution in [0.4, 0.5) is 0 Å². The van der Waals surface area contributed by atoms with Crippen LogP contribution >= 0.6 is 0 Å². The topological polar surface area (TPSA) is 114 Å². The Hall–Kier alpha value is -2.84. The van der Waals surface area contributed by atoms with Gasteiger partial charge in [-0.1, -0.05) is 12.1 Å². The standard InChI is InChI=1S/C21H31NO8/c1-20(2,3)29-18(23)16(19(24)30-21(4,5)6)14(12-22(25)26)13-10-9-11-15(27-7)17(13)28-8/h9-11,14,16H,12H2,1-8H3/t14-/m1/s1. The Kier molecular flexibility index (Phi) is 8.21. The number of nitrogens with zero attached hydrogens (tertiary/aromatic N) is 1. The van der Waals surface area contributed by atoms with Gasteiger partial charge in [0.1, 0.15) is 11.2 Å². The van der Waals surface area contributed by atoms with E-state index in [0.717, 1.165) is 0 Å². The number of carbonyl (C=O) groups excluding carboxylic acids is 2. The minimum atomic E-state index is -1.57. The average molecular weight is 425 g/mol. The van der Waals surface area contributed by atoms with Crippen LogP contribution in [0.15, 0.2) is 18.2 Å². The van der Waals surface area contributed by atoms with Crippen LogP contribution in [0.2, 0.25) is 0 Å². The van der Waals surface area contributed by atoms with Gasteiger partial charge in [-0.15, -0.1) is 0 Å². The van der Waals surface area contributed by atoms with Gasteiger partial charge in [0.25, 0.3) is 0 Å². The molecule has 0 bridgehead atoms. The Morgan fingerprint density at radius 2 is 1.47 bits per heavy atom. The second kappa shape index (κ2) is 9.77. The zero-order chi connectivity index (χ0) is 23.3. The molecule has 0 saturated heterocycles. The van der Waals surface area contributed by atoms with Crippen molar-refractivity contribution in [2.45, 2.75) is 58.7 Å². The molecular weight excluding hydrogens is 394 g/mol. The van der Waals surface area contributed by atoms with E-state index in [2.05, 4.69) is 0 Å².